The second kappa shape index (κ2) is 8.12. The lowest BCUT2D eigenvalue weighted by Gasteiger charge is -2.34. The Morgan fingerprint density at radius 1 is 1.11 bits per heavy atom. The van der Waals surface area contributed by atoms with Crippen molar-refractivity contribution in [3.05, 3.63) is 11.9 Å². The van der Waals surface area contributed by atoms with Gasteiger partial charge in [0.25, 0.3) is 0 Å². The van der Waals surface area contributed by atoms with E-state index in [0.29, 0.717) is 24.7 Å². The van der Waals surface area contributed by atoms with Crippen LogP contribution in [-0.4, -0.2) is 61.6 Å². The minimum absolute atomic E-state index is 0.0158. The molecule has 3 rings (SSSR count). The molecule has 3 heterocycles. The third-order valence-electron chi connectivity index (χ3n) is 5.50. The van der Waals surface area contributed by atoms with Gasteiger partial charge in [-0.1, -0.05) is 13.8 Å². The quantitative estimate of drug-likeness (QED) is 0.779. The molecule has 2 aliphatic rings. The van der Waals surface area contributed by atoms with Crippen LogP contribution in [0.15, 0.2) is 11.1 Å². The summed E-state index contributed by atoms with van der Waals surface area (Å²) in [4.78, 5) is 25.6. The Hall–Kier alpha value is -1.70. The monoisotopic (exact) mass is 394 g/mol. The topological polar surface area (TPSA) is 83.5 Å². The molecular formula is C19H30N4O3S. The van der Waals surface area contributed by atoms with E-state index in [9.17, 15) is 13.2 Å². The van der Waals surface area contributed by atoms with Gasteiger partial charge in [0.2, 0.25) is 11.9 Å². The van der Waals surface area contributed by atoms with Crippen LogP contribution in [-0.2, 0) is 14.6 Å². The molecule has 0 unspecified atom stereocenters. The summed E-state index contributed by atoms with van der Waals surface area (Å²) in [5.74, 6) is 0.821. The maximum atomic E-state index is 12.3. The van der Waals surface area contributed by atoms with Crippen molar-refractivity contribution in [2.45, 2.75) is 56.8 Å². The van der Waals surface area contributed by atoms with Gasteiger partial charge < -0.3 is 9.80 Å². The van der Waals surface area contributed by atoms with Crippen molar-refractivity contribution in [3.63, 3.8) is 0 Å². The van der Waals surface area contributed by atoms with Crippen LogP contribution in [0.3, 0.4) is 0 Å². The summed E-state index contributed by atoms with van der Waals surface area (Å²) >= 11 is 0. The Labute approximate surface area is 162 Å². The number of hydrogen-bond donors (Lipinski definition) is 0. The van der Waals surface area contributed by atoms with Gasteiger partial charge in [0.1, 0.15) is 4.90 Å². The number of sulfone groups is 1. The standard InChI is InChI=1S/C19H30N4O3S/c1-14(2)18(24)22-11-7-15(8-12-22)17-16(27(3,25)26)13-20-19(21-17)23-9-5-4-6-10-23/h13-15H,4-12H2,1-3H3. The van der Waals surface area contributed by atoms with Crippen molar-refractivity contribution in [1.82, 2.24) is 14.9 Å². The zero-order valence-electron chi connectivity index (χ0n) is 16.5. The largest absolute Gasteiger partial charge is 0.342 e. The molecule has 0 atom stereocenters. The normalized spacial score (nSPS) is 19.6. The van der Waals surface area contributed by atoms with Crippen molar-refractivity contribution in [1.29, 1.82) is 0 Å². The average Bonchev–Trinajstić information content (AvgIpc) is 2.67. The number of piperidine rings is 2. The van der Waals surface area contributed by atoms with Gasteiger partial charge in [-0.05, 0) is 32.1 Å². The maximum absolute atomic E-state index is 12.3. The molecule has 1 aromatic heterocycles. The lowest BCUT2D eigenvalue weighted by molar-refractivity contribution is -0.135. The Bertz CT molecular complexity index is 780. The van der Waals surface area contributed by atoms with E-state index >= 15 is 0 Å². The number of aromatic nitrogens is 2. The Morgan fingerprint density at radius 2 is 1.74 bits per heavy atom. The zero-order valence-corrected chi connectivity index (χ0v) is 17.3. The summed E-state index contributed by atoms with van der Waals surface area (Å²) < 4.78 is 24.6. The van der Waals surface area contributed by atoms with E-state index in [0.717, 1.165) is 38.8 Å². The van der Waals surface area contributed by atoms with Crippen LogP contribution >= 0.6 is 0 Å². The smallest absolute Gasteiger partial charge is 0.225 e. The fraction of sp³-hybridized carbons (Fsp3) is 0.737. The van der Waals surface area contributed by atoms with Crippen LogP contribution in [0.2, 0.25) is 0 Å². The first-order chi connectivity index (χ1) is 12.8. The Balaban J connectivity index is 1.85. The fourth-order valence-corrected chi connectivity index (χ4v) is 4.77. The lowest BCUT2D eigenvalue weighted by atomic mass is 9.92. The van der Waals surface area contributed by atoms with Gasteiger partial charge in [0.15, 0.2) is 9.84 Å². The highest BCUT2D eigenvalue weighted by Gasteiger charge is 2.30. The molecule has 0 aromatic carbocycles. The van der Waals surface area contributed by atoms with Gasteiger partial charge in [0.05, 0.1) is 11.9 Å². The number of nitrogens with zero attached hydrogens (tertiary/aromatic N) is 4. The molecule has 1 aromatic rings. The number of amides is 1. The number of anilines is 1. The van der Waals surface area contributed by atoms with Crippen molar-refractivity contribution in [2.75, 3.05) is 37.3 Å². The Kier molecular flexibility index (Phi) is 6.03. The van der Waals surface area contributed by atoms with Gasteiger partial charge >= 0.3 is 0 Å². The lowest BCUT2D eigenvalue weighted by Crippen LogP contribution is -2.40. The molecule has 150 valence electrons. The first-order valence-corrected chi connectivity index (χ1v) is 11.8. The molecule has 0 bridgehead atoms. The van der Waals surface area contributed by atoms with E-state index in [-0.39, 0.29) is 22.6 Å². The molecule has 0 N–H and O–H groups in total. The van der Waals surface area contributed by atoms with Gasteiger partial charge in [-0.2, -0.15) is 0 Å². The highest BCUT2D eigenvalue weighted by Crippen LogP contribution is 2.32. The summed E-state index contributed by atoms with van der Waals surface area (Å²) in [6.07, 6.45) is 7.60. The predicted octanol–water partition coefficient (Wildman–Crippen LogP) is 2.23. The number of carbonyl (C=O) groups is 1. The van der Waals surface area contributed by atoms with Crippen molar-refractivity contribution >= 4 is 21.7 Å². The molecule has 2 fully saturated rings. The van der Waals surface area contributed by atoms with E-state index in [4.69, 9.17) is 4.98 Å². The first kappa shape index (κ1) is 20.0. The number of carbonyl (C=O) groups excluding carboxylic acids is 1. The molecule has 2 aliphatic heterocycles. The van der Waals surface area contributed by atoms with Crippen LogP contribution in [0.1, 0.15) is 57.6 Å². The second-order valence-electron chi connectivity index (χ2n) is 7.99. The van der Waals surface area contributed by atoms with E-state index in [1.165, 1.54) is 18.9 Å². The van der Waals surface area contributed by atoms with Crippen molar-refractivity contribution in [3.8, 4) is 0 Å². The molecule has 0 radical (unpaired) electrons. The summed E-state index contributed by atoms with van der Waals surface area (Å²) in [6, 6.07) is 0. The second-order valence-corrected chi connectivity index (χ2v) is 9.98. The average molecular weight is 395 g/mol. The molecule has 1 amide bonds. The third kappa shape index (κ3) is 4.59. The van der Waals surface area contributed by atoms with Gasteiger partial charge in [-0.3, -0.25) is 4.79 Å². The van der Waals surface area contributed by atoms with Crippen LogP contribution in [0.4, 0.5) is 5.95 Å². The summed E-state index contributed by atoms with van der Waals surface area (Å²) in [5.41, 5.74) is 0.629. The summed E-state index contributed by atoms with van der Waals surface area (Å²) in [5, 5.41) is 0. The molecule has 0 saturated carbocycles. The Morgan fingerprint density at radius 3 is 2.30 bits per heavy atom. The summed E-state index contributed by atoms with van der Waals surface area (Å²) in [6.45, 7) is 6.94. The zero-order chi connectivity index (χ0) is 19.6. The number of hydrogen-bond acceptors (Lipinski definition) is 6. The highest BCUT2D eigenvalue weighted by atomic mass is 32.2. The molecule has 7 nitrogen and oxygen atoms in total. The van der Waals surface area contributed by atoms with Crippen molar-refractivity contribution in [2.24, 2.45) is 5.92 Å². The van der Waals surface area contributed by atoms with E-state index in [1.807, 2.05) is 18.7 Å². The van der Waals surface area contributed by atoms with Crippen LogP contribution in [0, 0.1) is 5.92 Å². The molecule has 27 heavy (non-hydrogen) atoms. The van der Waals surface area contributed by atoms with Gasteiger partial charge in [-0.25, -0.2) is 18.4 Å². The van der Waals surface area contributed by atoms with E-state index in [1.54, 1.807) is 0 Å². The molecule has 2 saturated heterocycles. The van der Waals surface area contributed by atoms with Crippen LogP contribution in [0.5, 0.6) is 0 Å². The predicted molar refractivity (Wildman–Crippen MR) is 105 cm³/mol. The first-order valence-electron chi connectivity index (χ1n) is 9.88. The van der Waals surface area contributed by atoms with Gasteiger partial charge in [0, 0.05) is 44.3 Å². The molecule has 8 heteroatoms. The SMILES string of the molecule is CC(C)C(=O)N1CCC(c2nc(N3CCCCC3)ncc2S(C)(=O)=O)CC1. The maximum Gasteiger partial charge on any atom is 0.225 e. The number of rotatable bonds is 4. The molecular weight excluding hydrogens is 364 g/mol. The van der Waals surface area contributed by atoms with Gasteiger partial charge in [-0.15, -0.1) is 0 Å². The van der Waals surface area contributed by atoms with Crippen LogP contribution in [0.25, 0.3) is 0 Å². The number of likely N-dealkylation sites (tertiary alicyclic amines) is 1. The summed E-state index contributed by atoms with van der Waals surface area (Å²) in [7, 11) is -3.40. The molecule has 0 aliphatic carbocycles. The highest BCUT2D eigenvalue weighted by molar-refractivity contribution is 7.90. The van der Waals surface area contributed by atoms with E-state index < -0.39 is 9.84 Å². The van der Waals surface area contributed by atoms with Crippen LogP contribution < -0.4 is 4.90 Å². The third-order valence-corrected chi connectivity index (χ3v) is 6.61. The minimum Gasteiger partial charge on any atom is -0.342 e. The van der Waals surface area contributed by atoms with E-state index in [2.05, 4.69) is 9.88 Å². The van der Waals surface area contributed by atoms with Crippen molar-refractivity contribution < 1.29 is 13.2 Å². The molecule has 0 spiro atoms. The fourth-order valence-electron chi connectivity index (χ4n) is 3.94. The minimum atomic E-state index is -3.40.